The summed E-state index contributed by atoms with van der Waals surface area (Å²) in [5, 5.41) is 6.56. The second-order valence-corrected chi connectivity index (χ2v) is 3.84. The average Bonchev–Trinajstić information content (AvgIpc) is 2.52. The topological polar surface area (TPSA) is 33.3 Å². The van der Waals surface area contributed by atoms with Crippen molar-refractivity contribution in [2.24, 2.45) is 5.92 Å². The SMILES string of the molecule is CNCCCNCC1OCCC1C. The zero-order chi connectivity index (χ0) is 9.52. The van der Waals surface area contributed by atoms with Gasteiger partial charge < -0.3 is 15.4 Å². The molecule has 0 aromatic heterocycles. The first-order chi connectivity index (χ1) is 6.34. The molecule has 2 unspecified atom stereocenters. The third-order valence-corrected chi connectivity index (χ3v) is 2.67. The van der Waals surface area contributed by atoms with E-state index < -0.39 is 0 Å². The van der Waals surface area contributed by atoms with Gasteiger partial charge in [0.15, 0.2) is 0 Å². The molecule has 0 saturated carbocycles. The van der Waals surface area contributed by atoms with Gasteiger partial charge in [-0.25, -0.2) is 0 Å². The van der Waals surface area contributed by atoms with E-state index in [-0.39, 0.29) is 0 Å². The van der Waals surface area contributed by atoms with Gasteiger partial charge in [0.1, 0.15) is 0 Å². The van der Waals surface area contributed by atoms with Crippen molar-refractivity contribution in [3.05, 3.63) is 0 Å². The van der Waals surface area contributed by atoms with Crippen LogP contribution in [-0.2, 0) is 4.74 Å². The lowest BCUT2D eigenvalue weighted by molar-refractivity contribution is 0.0935. The summed E-state index contributed by atoms with van der Waals surface area (Å²) in [4.78, 5) is 0. The van der Waals surface area contributed by atoms with Gasteiger partial charge >= 0.3 is 0 Å². The van der Waals surface area contributed by atoms with E-state index in [9.17, 15) is 0 Å². The molecule has 78 valence electrons. The van der Waals surface area contributed by atoms with Gasteiger partial charge in [-0.05, 0) is 38.9 Å². The van der Waals surface area contributed by atoms with Gasteiger partial charge in [0.25, 0.3) is 0 Å². The summed E-state index contributed by atoms with van der Waals surface area (Å²) < 4.78 is 5.59. The van der Waals surface area contributed by atoms with E-state index >= 15 is 0 Å². The molecule has 13 heavy (non-hydrogen) atoms. The van der Waals surface area contributed by atoms with Gasteiger partial charge in [0.2, 0.25) is 0 Å². The predicted molar refractivity (Wildman–Crippen MR) is 54.9 cm³/mol. The highest BCUT2D eigenvalue weighted by Gasteiger charge is 2.23. The van der Waals surface area contributed by atoms with Crippen LogP contribution in [0.5, 0.6) is 0 Å². The molecule has 1 fully saturated rings. The maximum absolute atomic E-state index is 5.59. The number of ether oxygens (including phenoxy) is 1. The molecule has 1 saturated heterocycles. The molecule has 0 amide bonds. The molecule has 0 radical (unpaired) electrons. The van der Waals surface area contributed by atoms with Crippen LogP contribution in [-0.4, -0.2) is 39.4 Å². The third-order valence-electron chi connectivity index (χ3n) is 2.67. The molecule has 0 aromatic carbocycles. The third kappa shape index (κ3) is 4.07. The van der Waals surface area contributed by atoms with Crippen LogP contribution >= 0.6 is 0 Å². The molecule has 0 spiro atoms. The van der Waals surface area contributed by atoms with Crippen LogP contribution < -0.4 is 10.6 Å². The Morgan fingerprint density at radius 1 is 1.38 bits per heavy atom. The highest BCUT2D eigenvalue weighted by molar-refractivity contribution is 4.74. The monoisotopic (exact) mass is 186 g/mol. The molecular weight excluding hydrogens is 164 g/mol. The van der Waals surface area contributed by atoms with Crippen LogP contribution in [0.25, 0.3) is 0 Å². The lowest BCUT2D eigenvalue weighted by atomic mass is 10.0. The Hall–Kier alpha value is -0.120. The largest absolute Gasteiger partial charge is 0.377 e. The first kappa shape index (κ1) is 11.0. The molecular formula is C10H22N2O. The Morgan fingerprint density at radius 2 is 2.23 bits per heavy atom. The van der Waals surface area contributed by atoms with Crippen molar-refractivity contribution in [3.8, 4) is 0 Å². The molecule has 3 nitrogen and oxygen atoms in total. The van der Waals surface area contributed by atoms with E-state index in [0.717, 1.165) is 32.2 Å². The van der Waals surface area contributed by atoms with Crippen LogP contribution in [0, 0.1) is 5.92 Å². The molecule has 0 bridgehead atoms. The fourth-order valence-electron chi connectivity index (χ4n) is 1.65. The highest BCUT2D eigenvalue weighted by atomic mass is 16.5. The number of hydrogen-bond donors (Lipinski definition) is 2. The predicted octanol–water partition coefficient (Wildman–Crippen LogP) is 0.611. The van der Waals surface area contributed by atoms with Crippen molar-refractivity contribution in [1.82, 2.24) is 10.6 Å². The van der Waals surface area contributed by atoms with E-state index in [1.807, 2.05) is 7.05 Å². The van der Waals surface area contributed by atoms with Crippen molar-refractivity contribution in [2.75, 3.05) is 33.3 Å². The standard InChI is InChI=1S/C10H22N2O/c1-9-4-7-13-10(9)8-12-6-3-5-11-2/h9-12H,3-8H2,1-2H3. The summed E-state index contributed by atoms with van der Waals surface area (Å²) in [6.45, 7) is 6.42. The van der Waals surface area contributed by atoms with Gasteiger partial charge in [-0.3, -0.25) is 0 Å². The Bertz CT molecular complexity index is 130. The summed E-state index contributed by atoms with van der Waals surface area (Å²) in [7, 11) is 1.99. The Morgan fingerprint density at radius 3 is 2.85 bits per heavy atom. The van der Waals surface area contributed by atoms with E-state index in [2.05, 4.69) is 17.6 Å². The van der Waals surface area contributed by atoms with Crippen molar-refractivity contribution < 1.29 is 4.74 Å². The number of hydrogen-bond acceptors (Lipinski definition) is 3. The molecule has 2 atom stereocenters. The van der Waals surface area contributed by atoms with Crippen molar-refractivity contribution >= 4 is 0 Å². The van der Waals surface area contributed by atoms with Gasteiger partial charge in [-0.15, -0.1) is 0 Å². The average molecular weight is 186 g/mol. The van der Waals surface area contributed by atoms with Gasteiger partial charge in [0, 0.05) is 13.2 Å². The van der Waals surface area contributed by atoms with Gasteiger partial charge in [-0.1, -0.05) is 6.92 Å². The van der Waals surface area contributed by atoms with Gasteiger partial charge in [0.05, 0.1) is 6.10 Å². The zero-order valence-corrected chi connectivity index (χ0v) is 8.81. The Balaban J connectivity index is 1.93. The minimum Gasteiger partial charge on any atom is -0.377 e. The summed E-state index contributed by atoms with van der Waals surface area (Å²) >= 11 is 0. The molecule has 1 heterocycles. The molecule has 3 heteroatoms. The summed E-state index contributed by atoms with van der Waals surface area (Å²) in [6.07, 6.45) is 2.87. The number of rotatable bonds is 6. The molecule has 1 aliphatic rings. The molecule has 0 aliphatic carbocycles. The first-order valence-electron chi connectivity index (χ1n) is 5.31. The Kier molecular flexibility index (Phi) is 5.35. The smallest absolute Gasteiger partial charge is 0.0725 e. The second-order valence-electron chi connectivity index (χ2n) is 3.84. The lowest BCUT2D eigenvalue weighted by Crippen LogP contribution is -2.31. The van der Waals surface area contributed by atoms with E-state index in [1.54, 1.807) is 0 Å². The van der Waals surface area contributed by atoms with E-state index in [0.29, 0.717) is 6.10 Å². The minimum absolute atomic E-state index is 0.453. The zero-order valence-electron chi connectivity index (χ0n) is 8.81. The van der Waals surface area contributed by atoms with Crippen LogP contribution in [0.15, 0.2) is 0 Å². The summed E-state index contributed by atoms with van der Waals surface area (Å²) in [5.74, 6) is 0.733. The maximum atomic E-state index is 5.59. The van der Waals surface area contributed by atoms with Gasteiger partial charge in [-0.2, -0.15) is 0 Å². The van der Waals surface area contributed by atoms with E-state index in [4.69, 9.17) is 4.74 Å². The van der Waals surface area contributed by atoms with Crippen LogP contribution in [0.4, 0.5) is 0 Å². The van der Waals surface area contributed by atoms with Crippen molar-refractivity contribution in [2.45, 2.75) is 25.9 Å². The fourth-order valence-corrected chi connectivity index (χ4v) is 1.65. The second kappa shape index (κ2) is 6.35. The minimum atomic E-state index is 0.453. The molecule has 1 aliphatic heterocycles. The molecule has 0 aromatic rings. The maximum Gasteiger partial charge on any atom is 0.0725 e. The normalized spacial score (nSPS) is 28.2. The lowest BCUT2D eigenvalue weighted by Gasteiger charge is -2.14. The van der Waals surface area contributed by atoms with E-state index in [1.165, 1.54) is 12.8 Å². The molecule has 2 N–H and O–H groups in total. The fraction of sp³-hybridized carbons (Fsp3) is 1.00. The van der Waals surface area contributed by atoms with Crippen molar-refractivity contribution in [3.63, 3.8) is 0 Å². The van der Waals surface area contributed by atoms with Crippen LogP contribution in [0.3, 0.4) is 0 Å². The van der Waals surface area contributed by atoms with Crippen LogP contribution in [0.1, 0.15) is 19.8 Å². The summed E-state index contributed by atoms with van der Waals surface area (Å²) in [5.41, 5.74) is 0. The van der Waals surface area contributed by atoms with Crippen LogP contribution in [0.2, 0.25) is 0 Å². The highest BCUT2D eigenvalue weighted by Crippen LogP contribution is 2.18. The quantitative estimate of drug-likeness (QED) is 0.596. The number of nitrogens with one attached hydrogen (secondary N) is 2. The Labute approximate surface area is 81.2 Å². The first-order valence-corrected chi connectivity index (χ1v) is 5.31. The summed E-state index contributed by atoms with van der Waals surface area (Å²) in [6, 6.07) is 0. The molecule has 1 rings (SSSR count). The van der Waals surface area contributed by atoms with Crippen molar-refractivity contribution in [1.29, 1.82) is 0 Å².